The van der Waals surface area contributed by atoms with Crippen molar-refractivity contribution >= 4 is 32.6 Å². The van der Waals surface area contributed by atoms with E-state index in [1.54, 1.807) is 17.4 Å². The van der Waals surface area contributed by atoms with Crippen molar-refractivity contribution in [3.63, 3.8) is 0 Å². The second-order valence-electron chi connectivity index (χ2n) is 5.44. The van der Waals surface area contributed by atoms with Gasteiger partial charge in [0.05, 0.1) is 10.5 Å². The molecular formula is C18H15FN2S. The largest absolute Gasteiger partial charge is 0.330 e. The van der Waals surface area contributed by atoms with Crippen LogP contribution in [0.2, 0.25) is 0 Å². The lowest BCUT2D eigenvalue weighted by Crippen LogP contribution is -2.00. The van der Waals surface area contributed by atoms with Crippen molar-refractivity contribution in [2.75, 3.05) is 0 Å². The van der Waals surface area contributed by atoms with Crippen LogP contribution in [0.1, 0.15) is 10.6 Å². The highest BCUT2D eigenvalue weighted by Gasteiger charge is 2.15. The number of hydrogen-bond donors (Lipinski definition) is 0. The molecule has 4 aromatic rings. The van der Waals surface area contributed by atoms with Crippen LogP contribution < -0.4 is 0 Å². The second-order valence-corrected chi connectivity index (χ2v) is 6.62. The van der Waals surface area contributed by atoms with Crippen LogP contribution in [0.25, 0.3) is 21.3 Å². The summed E-state index contributed by atoms with van der Waals surface area (Å²) in [5.74, 6) is -0.208. The normalized spacial score (nSPS) is 11.5. The third kappa shape index (κ3) is 2.20. The Labute approximate surface area is 131 Å². The maximum absolute atomic E-state index is 13.6. The number of thiazole rings is 1. The standard InChI is InChI=1S/C18H15FN2S/c1-12-20-17-15-11-14(19)7-8-16(15)21(18(17)22-12)10-9-13-5-3-2-4-6-13/h2-8,11H,9-10H2,1H3. The molecular weight excluding hydrogens is 295 g/mol. The number of fused-ring (bicyclic) bond motifs is 3. The molecule has 22 heavy (non-hydrogen) atoms. The lowest BCUT2D eigenvalue weighted by Gasteiger charge is -2.06. The minimum Gasteiger partial charge on any atom is -0.330 e. The molecule has 0 spiro atoms. The first kappa shape index (κ1) is 13.5. The summed E-state index contributed by atoms with van der Waals surface area (Å²) in [6, 6.07) is 15.4. The van der Waals surface area contributed by atoms with Gasteiger partial charge in [-0.1, -0.05) is 30.3 Å². The quantitative estimate of drug-likeness (QED) is 0.524. The van der Waals surface area contributed by atoms with E-state index in [2.05, 4.69) is 33.8 Å². The van der Waals surface area contributed by atoms with E-state index in [1.165, 1.54) is 11.6 Å². The van der Waals surface area contributed by atoms with E-state index in [1.807, 2.05) is 19.1 Å². The van der Waals surface area contributed by atoms with Gasteiger partial charge in [0.15, 0.2) is 0 Å². The molecule has 2 aromatic heterocycles. The van der Waals surface area contributed by atoms with Gasteiger partial charge in [0.1, 0.15) is 16.2 Å². The van der Waals surface area contributed by atoms with Crippen LogP contribution in [0.4, 0.5) is 4.39 Å². The van der Waals surface area contributed by atoms with Gasteiger partial charge in [-0.3, -0.25) is 0 Å². The Morgan fingerprint density at radius 3 is 2.77 bits per heavy atom. The van der Waals surface area contributed by atoms with Gasteiger partial charge in [0, 0.05) is 11.9 Å². The van der Waals surface area contributed by atoms with E-state index in [0.717, 1.165) is 39.2 Å². The zero-order valence-corrected chi connectivity index (χ0v) is 13.0. The fraction of sp³-hybridized carbons (Fsp3) is 0.167. The Morgan fingerprint density at radius 1 is 1.14 bits per heavy atom. The molecule has 0 saturated carbocycles. The number of halogens is 1. The maximum Gasteiger partial charge on any atom is 0.124 e. The van der Waals surface area contributed by atoms with Crippen LogP contribution in [0, 0.1) is 12.7 Å². The van der Waals surface area contributed by atoms with E-state index in [0.29, 0.717) is 0 Å². The lowest BCUT2D eigenvalue weighted by molar-refractivity contribution is 0.629. The number of hydrogen-bond acceptors (Lipinski definition) is 2. The average Bonchev–Trinajstić information content (AvgIpc) is 3.02. The number of rotatable bonds is 3. The first-order valence-corrected chi connectivity index (χ1v) is 8.13. The van der Waals surface area contributed by atoms with Crippen LogP contribution in [-0.4, -0.2) is 9.55 Å². The Kier molecular flexibility index (Phi) is 3.19. The van der Waals surface area contributed by atoms with Gasteiger partial charge in [-0.05, 0) is 37.1 Å². The molecule has 110 valence electrons. The summed E-state index contributed by atoms with van der Waals surface area (Å²) in [4.78, 5) is 5.72. The maximum atomic E-state index is 13.6. The molecule has 0 aliphatic rings. The predicted octanol–water partition coefficient (Wildman–Crippen LogP) is 4.94. The first-order valence-electron chi connectivity index (χ1n) is 7.31. The molecule has 0 amide bonds. The molecule has 0 aliphatic carbocycles. The highest BCUT2D eigenvalue weighted by atomic mass is 32.1. The molecule has 0 unspecified atom stereocenters. The second kappa shape index (κ2) is 5.21. The highest BCUT2D eigenvalue weighted by molar-refractivity contribution is 7.18. The molecule has 0 radical (unpaired) electrons. The molecule has 2 aromatic carbocycles. The third-order valence-corrected chi connectivity index (χ3v) is 4.93. The van der Waals surface area contributed by atoms with Gasteiger partial charge in [-0.15, -0.1) is 11.3 Å². The van der Waals surface area contributed by atoms with E-state index < -0.39 is 0 Å². The number of nitrogens with zero attached hydrogens (tertiary/aromatic N) is 2. The highest BCUT2D eigenvalue weighted by Crippen LogP contribution is 2.33. The molecule has 0 fully saturated rings. The molecule has 2 nitrogen and oxygen atoms in total. The van der Waals surface area contributed by atoms with E-state index in [9.17, 15) is 4.39 Å². The van der Waals surface area contributed by atoms with Gasteiger partial charge in [0.25, 0.3) is 0 Å². The predicted molar refractivity (Wildman–Crippen MR) is 90.0 cm³/mol. The van der Waals surface area contributed by atoms with Crippen molar-refractivity contribution < 1.29 is 4.39 Å². The number of aryl methyl sites for hydroxylation is 3. The van der Waals surface area contributed by atoms with Crippen LogP contribution in [-0.2, 0) is 13.0 Å². The fourth-order valence-corrected chi connectivity index (χ4v) is 3.89. The Balaban J connectivity index is 1.83. The van der Waals surface area contributed by atoms with Crippen molar-refractivity contribution in [3.8, 4) is 0 Å². The Hall–Kier alpha value is -2.20. The van der Waals surface area contributed by atoms with E-state index in [4.69, 9.17) is 0 Å². The lowest BCUT2D eigenvalue weighted by atomic mass is 10.1. The molecule has 0 saturated heterocycles. The Morgan fingerprint density at radius 2 is 1.95 bits per heavy atom. The van der Waals surface area contributed by atoms with Crippen molar-refractivity contribution in [2.24, 2.45) is 0 Å². The summed E-state index contributed by atoms with van der Waals surface area (Å²) in [6.45, 7) is 2.87. The fourth-order valence-electron chi connectivity index (χ4n) is 2.92. The van der Waals surface area contributed by atoms with Crippen molar-refractivity contribution in [1.82, 2.24) is 9.55 Å². The number of benzene rings is 2. The van der Waals surface area contributed by atoms with Crippen LogP contribution >= 0.6 is 11.3 Å². The Bertz CT molecular complexity index is 953. The SMILES string of the molecule is Cc1nc2c3cc(F)ccc3n(CCc3ccccc3)c2s1. The number of aromatic nitrogens is 2. The monoisotopic (exact) mass is 310 g/mol. The zero-order valence-electron chi connectivity index (χ0n) is 12.2. The summed E-state index contributed by atoms with van der Waals surface area (Å²) in [6.07, 6.45) is 0.952. The van der Waals surface area contributed by atoms with Crippen molar-refractivity contribution in [2.45, 2.75) is 19.9 Å². The van der Waals surface area contributed by atoms with Crippen molar-refractivity contribution in [3.05, 3.63) is 64.9 Å². The molecule has 4 rings (SSSR count). The van der Waals surface area contributed by atoms with Crippen LogP contribution in [0.15, 0.2) is 48.5 Å². The molecule has 0 atom stereocenters. The van der Waals surface area contributed by atoms with E-state index in [-0.39, 0.29) is 5.82 Å². The van der Waals surface area contributed by atoms with E-state index >= 15 is 0 Å². The van der Waals surface area contributed by atoms with Gasteiger partial charge >= 0.3 is 0 Å². The molecule has 0 bridgehead atoms. The summed E-state index contributed by atoms with van der Waals surface area (Å²) < 4.78 is 15.9. The smallest absolute Gasteiger partial charge is 0.124 e. The molecule has 2 heterocycles. The summed E-state index contributed by atoms with van der Waals surface area (Å²) in [7, 11) is 0. The van der Waals surface area contributed by atoms with Gasteiger partial charge in [0.2, 0.25) is 0 Å². The average molecular weight is 310 g/mol. The molecule has 4 heteroatoms. The molecule has 0 aliphatic heterocycles. The third-order valence-electron chi connectivity index (χ3n) is 3.93. The van der Waals surface area contributed by atoms with Crippen LogP contribution in [0.5, 0.6) is 0 Å². The molecule has 0 N–H and O–H groups in total. The topological polar surface area (TPSA) is 17.8 Å². The van der Waals surface area contributed by atoms with Gasteiger partial charge in [-0.2, -0.15) is 0 Å². The minimum atomic E-state index is -0.208. The first-order chi connectivity index (χ1) is 10.7. The summed E-state index contributed by atoms with van der Waals surface area (Å²) in [5, 5.41) is 1.93. The van der Waals surface area contributed by atoms with Gasteiger partial charge in [-0.25, -0.2) is 9.37 Å². The van der Waals surface area contributed by atoms with Gasteiger partial charge < -0.3 is 4.57 Å². The summed E-state index contributed by atoms with van der Waals surface area (Å²) >= 11 is 1.67. The minimum absolute atomic E-state index is 0.208. The zero-order chi connectivity index (χ0) is 15.1. The van der Waals surface area contributed by atoms with Crippen LogP contribution in [0.3, 0.4) is 0 Å². The van der Waals surface area contributed by atoms with Crippen molar-refractivity contribution in [1.29, 1.82) is 0 Å². The summed E-state index contributed by atoms with van der Waals surface area (Å²) in [5.41, 5.74) is 3.29.